The van der Waals surface area contributed by atoms with Gasteiger partial charge < -0.3 is 29.9 Å². The Morgan fingerprint density at radius 2 is 2.00 bits per heavy atom. The van der Waals surface area contributed by atoms with Crippen molar-refractivity contribution in [3.05, 3.63) is 58.4 Å². The van der Waals surface area contributed by atoms with Crippen molar-refractivity contribution in [1.29, 1.82) is 0 Å². The molecule has 9 heteroatoms. The fourth-order valence-corrected chi connectivity index (χ4v) is 3.40. The van der Waals surface area contributed by atoms with E-state index >= 15 is 0 Å². The van der Waals surface area contributed by atoms with Crippen LogP contribution < -0.4 is 0 Å². The van der Waals surface area contributed by atoms with Crippen LogP contribution in [0.5, 0.6) is 11.5 Å². The Morgan fingerprint density at radius 3 is 2.63 bits per heavy atom. The van der Waals surface area contributed by atoms with E-state index < -0.39 is 35.2 Å². The first-order chi connectivity index (χ1) is 14.0. The van der Waals surface area contributed by atoms with Gasteiger partial charge in [-0.2, -0.15) is 0 Å². The average Bonchev–Trinajstić information content (AvgIpc) is 2.63. The van der Waals surface area contributed by atoms with Crippen LogP contribution in [0, 0.1) is 6.92 Å². The van der Waals surface area contributed by atoms with Gasteiger partial charge >= 0.3 is 11.9 Å². The Balaban J connectivity index is 1.90. The zero-order chi connectivity index (χ0) is 22.2. The second kappa shape index (κ2) is 7.68. The molecule has 2 atom stereocenters. The highest BCUT2D eigenvalue weighted by atomic mass is 16.6. The van der Waals surface area contributed by atoms with Gasteiger partial charge in [-0.05, 0) is 43.2 Å². The summed E-state index contributed by atoms with van der Waals surface area (Å²) in [6, 6.07) is 2.25. The molecular weight excluding hydrogens is 396 g/mol. The number of Topliss-reactive ketones (excluding diaryl/α,β-unsaturated/α-hetero) is 1. The van der Waals surface area contributed by atoms with Crippen molar-refractivity contribution in [1.82, 2.24) is 0 Å². The number of phenols is 2. The van der Waals surface area contributed by atoms with Crippen LogP contribution in [0.4, 0.5) is 0 Å². The third-order valence-electron chi connectivity index (χ3n) is 5.00. The zero-order valence-electron chi connectivity index (χ0n) is 16.2. The number of ether oxygens (including phenoxy) is 2. The Kier molecular flexibility index (Phi) is 5.41. The second-order valence-corrected chi connectivity index (χ2v) is 7.24. The maximum absolute atomic E-state index is 12.8. The van der Waals surface area contributed by atoms with Crippen LogP contribution in [0.2, 0.25) is 0 Å². The van der Waals surface area contributed by atoms with E-state index in [9.17, 15) is 29.7 Å². The van der Waals surface area contributed by atoms with E-state index in [0.29, 0.717) is 5.57 Å². The molecule has 0 radical (unpaired) electrons. The number of rotatable bonds is 4. The molecule has 1 aliphatic carbocycles. The van der Waals surface area contributed by atoms with Crippen molar-refractivity contribution in [3.63, 3.8) is 0 Å². The van der Waals surface area contributed by atoms with Crippen molar-refractivity contribution < 1.29 is 44.3 Å². The molecule has 30 heavy (non-hydrogen) atoms. The smallest absolute Gasteiger partial charge is 0.342 e. The maximum Gasteiger partial charge on any atom is 0.342 e. The number of carboxylic acid groups (broad SMARTS) is 1. The van der Waals surface area contributed by atoms with Crippen LogP contribution in [-0.2, 0) is 19.1 Å². The molecule has 0 spiro atoms. The van der Waals surface area contributed by atoms with Gasteiger partial charge in [0.25, 0.3) is 0 Å². The third-order valence-corrected chi connectivity index (χ3v) is 5.00. The molecule has 0 saturated carbocycles. The van der Waals surface area contributed by atoms with E-state index in [4.69, 9.17) is 14.6 Å². The summed E-state index contributed by atoms with van der Waals surface area (Å²) >= 11 is 0. The summed E-state index contributed by atoms with van der Waals surface area (Å²) in [6.45, 7) is 2.56. The number of carbonyl (C=O) groups excluding carboxylic acids is 2. The van der Waals surface area contributed by atoms with E-state index in [2.05, 4.69) is 0 Å². The van der Waals surface area contributed by atoms with Crippen molar-refractivity contribution in [3.8, 4) is 11.5 Å². The molecule has 158 valence electrons. The van der Waals surface area contributed by atoms with Gasteiger partial charge in [0.05, 0.1) is 0 Å². The molecule has 0 aromatic heterocycles. The monoisotopic (exact) mass is 416 g/mol. The lowest BCUT2D eigenvalue weighted by atomic mass is 9.77. The minimum atomic E-state index is -2.03. The van der Waals surface area contributed by atoms with Gasteiger partial charge in [-0.1, -0.05) is 0 Å². The summed E-state index contributed by atoms with van der Waals surface area (Å²) in [5, 5.41) is 39.0. The molecule has 1 aromatic rings. The number of benzene rings is 1. The fourth-order valence-electron chi connectivity index (χ4n) is 3.40. The minimum absolute atomic E-state index is 0.0223. The minimum Gasteiger partial charge on any atom is -0.508 e. The first-order valence-electron chi connectivity index (χ1n) is 8.99. The number of aliphatic carboxylic acids is 1. The van der Waals surface area contributed by atoms with Gasteiger partial charge in [0, 0.05) is 24.1 Å². The predicted molar refractivity (Wildman–Crippen MR) is 102 cm³/mol. The zero-order valence-corrected chi connectivity index (χ0v) is 16.2. The van der Waals surface area contributed by atoms with E-state index in [0.717, 1.165) is 12.1 Å². The summed E-state index contributed by atoms with van der Waals surface area (Å²) in [4.78, 5) is 36.1. The Bertz CT molecular complexity index is 1000. The van der Waals surface area contributed by atoms with Crippen LogP contribution in [0.1, 0.15) is 29.3 Å². The number of carboxylic acids is 1. The second-order valence-electron chi connectivity index (χ2n) is 7.24. The number of aryl methyl sites for hydroxylation is 1. The van der Waals surface area contributed by atoms with Gasteiger partial charge in [-0.3, -0.25) is 4.79 Å². The van der Waals surface area contributed by atoms with Crippen LogP contribution in [0.3, 0.4) is 0 Å². The van der Waals surface area contributed by atoms with Crippen molar-refractivity contribution in [2.24, 2.45) is 0 Å². The summed E-state index contributed by atoms with van der Waals surface area (Å²) < 4.78 is 10.7. The molecule has 0 amide bonds. The summed E-state index contributed by atoms with van der Waals surface area (Å²) in [7, 11) is 0. The molecule has 0 fully saturated rings. The van der Waals surface area contributed by atoms with Crippen LogP contribution in [-0.4, -0.2) is 56.5 Å². The molecule has 2 aliphatic rings. The number of aliphatic hydroxyl groups is 1. The molecule has 1 aliphatic heterocycles. The molecule has 4 N–H and O–H groups in total. The first kappa shape index (κ1) is 21.1. The van der Waals surface area contributed by atoms with Crippen LogP contribution in [0.15, 0.2) is 47.3 Å². The first-order valence-corrected chi connectivity index (χ1v) is 8.99. The molecular formula is C21H20O9. The normalized spacial score (nSPS) is 23.6. The molecule has 0 unspecified atom stereocenters. The number of hydrogen-bond acceptors (Lipinski definition) is 8. The summed E-state index contributed by atoms with van der Waals surface area (Å²) in [5.74, 6) is -3.32. The van der Waals surface area contributed by atoms with Crippen molar-refractivity contribution in [2.75, 3.05) is 6.61 Å². The predicted octanol–water partition coefficient (Wildman–Crippen LogP) is 1.51. The highest BCUT2D eigenvalue weighted by Crippen LogP contribution is 2.37. The fraction of sp³-hybridized carbons (Fsp3) is 0.286. The van der Waals surface area contributed by atoms with E-state index in [1.807, 2.05) is 0 Å². The Labute approximate surface area is 171 Å². The summed E-state index contributed by atoms with van der Waals surface area (Å²) in [5.41, 5.74) is -1.30. The SMILES string of the molecule is Cc1cc(O)cc(O)c1C(=O)O[C@H]1CC2=C(COC(/C=C/C(=O)O)=C2)C(=O)[C@@]1(C)O. The number of ketones is 1. The molecule has 1 heterocycles. The largest absolute Gasteiger partial charge is 0.508 e. The lowest BCUT2D eigenvalue weighted by Crippen LogP contribution is -2.53. The van der Waals surface area contributed by atoms with Gasteiger partial charge in [0.2, 0.25) is 0 Å². The van der Waals surface area contributed by atoms with Crippen LogP contribution in [0.25, 0.3) is 0 Å². The number of phenolic OH excluding ortho intramolecular Hbond substituents is 2. The number of hydrogen-bond donors (Lipinski definition) is 4. The van der Waals surface area contributed by atoms with Gasteiger partial charge in [-0.25, -0.2) is 9.59 Å². The molecule has 1 aromatic carbocycles. The number of carbonyl (C=O) groups is 3. The van der Waals surface area contributed by atoms with Gasteiger partial charge in [-0.15, -0.1) is 0 Å². The highest BCUT2D eigenvalue weighted by molar-refractivity contribution is 6.05. The molecule has 0 saturated heterocycles. The van der Waals surface area contributed by atoms with Gasteiger partial charge in [0.15, 0.2) is 11.4 Å². The van der Waals surface area contributed by atoms with Crippen LogP contribution >= 0.6 is 0 Å². The van der Waals surface area contributed by atoms with Crippen molar-refractivity contribution >= 4 is 17.7 Å². The van der Waals surface area contributed by atoms with Crippen molar-refractivity contribution in [2.45, 2.75) is 32.0 Å². The van der Waals surface area contributed by atoms with E-state index in [1.54, 1.807) is 0 Å². The van der Waals surface area contributed by atoms with E-state index in [1.165, 1.54) is 32.1 Å². The lowest BCUT2D eigenvalue weighted by molar-refractivity contribution is -0.146. The third kappa shape index (κ3) is 3.92. The van der Waals surface area contributed by atoms with Gasteiger partial charge in [0.1, 0.15) is 35.5 Å². The Hall–Kier alpha value is -3.59. The molecule has 0 bridgehead atoms. The number of allylic oxidation sites excluding steroid dienone is 2. The standard InChI is InChI=1S/C21H20O9/c1-10-5-12(22)8-15(23)18(10)20(27)30-16-7-11-6-13(3-4-17(24)25)29-9-14(11)19(26)21(16,2)28/h3-6,8,16,22-23,28H,7,9H2,1-2H3,(H,24,25)/b4-3+/t16-,21-/m0/s1. The molecule has 3 rings (SSSR count). The molecule has 9 nitrogen and oxygen atoms in total. The Morgan fingerprint density at radius 1 is 1.30 bits per heavy atom. The quantitative estimate of drug-likeness (QED) is 0.423. The average molecular weight is 416 g/mol. The van der Waals surface area contributed by atoms with E-state index in [-0.39, 0.29) is 41.2 Å². The lowest BCUT2D eigenvalue weighted by Gasteiger charge is -2.38. The number of aromatic hydroxyl groups is 2. The highest BCUT2D eigenvalue weighted by Gasteiger charge is 2.48. The number of esters is 1. The summed E-state index contributed by atoms with van der Waals surface area (Å²) in [6.07, 6.45) is 2.28. The maximum atomic E-state index is 12.8. The topological polar surface area (TPSA) is 151 Å².